The molecule has 20 heavy (non-hydrogen) atoms. The van der Waals surface area contributed by atoms with Gasteiger partial charge in [0.05, 0.1) is 0 Å². The Bertz CT molecular complexity index is 338. The quantitative estimate of drug-likeness (QED) is 0.778. The minimum Gasteiger partial charge on any atom is -0.299 e. The van der Waals surface area contributed by atoms with Crippen molar-refractivity contribution < 1.29 is 4.79 Å². The first kappa shape index (κ1) is 16.0. The fourth-order valence-corrected chi connectivity index (χ4v) is 4.28. The molecule has 5 unspecified atom stereocenters. The maximum atomic E-state index is 12.3. The Labute approximate surface area is 125 Å². The largest absolute Gasteiger partial charge is 0.299 e. The highest BCUT2D eigenvalue weighted by Crippen LogP contribution is 2.34. The summed E-state index contributed by atoms with van der Waals surface area (Å²) in [5.74, 6) is 3.85. The second-order valence-electron chi connectivity index (χ2n) is 7.95. The van der Waals surface area contributed by atoms with Crippen LogP contribution in [0.2, 0.25) is 0 Å². The van der Waals surface area contributed by atoms with Gasteiger partial charge in [-0.05, 0) is 49.9 Å². The van der Waals surface area contributed by atoms with E-state index in [1.54, 1.807) is 0 Å². The Morgan fingerprint density at radius 2 is 1.90 bits per heavy atom. The van der Waals surface area contributed by atoms with Crippen LogP contribution in [0.3, 0.4) is 0 Å². The molecule has 2 rings (SSSR count). The summed E-state index contributed by atoms with van der Waals surface area (Å²) < 4.78 is 0. The summed E-state index contributed by atoms with van der Waals surface area (Å²) in [6, 6.07) is 0.637. The standard InChI is InChI=1S/C18H33NO/c1-12(2)16-6-7-18(20)17(9-16)11-19-10-13(3)8-14(4)15(19)5/h12-17H,6-11H2,1-5H3. The van der Waals surface area contributed by atoms with E-state index in [4.69, 9.17) is 0 Å². The summed E-state index contributed by atoms with van der Waals surface area (Å²) in [4.78, 5) is 14.9. The van der Waals surface area contributed by atoms with Crippen molar-refractivity contribution in [1.82, 2.24) is 4.90 Å². The van der Waals surface area contributed by atoms with Gasteiger partial charge in [-0.15, -0.1) is 0 Å². The number of carbonyl (C=O) groups is 1. The van der Waals surface area contributed by atoms with Gasteiger partial charge in [-0.1, -0.05) is 27.7 Å². The predicted octanol–water partition coefficient (Wildman–Crippen LogP) is 3.99. The van der Waals surface area contributed by atoms with E-state index < -0.39 is 0 Å². The van der Waals surface area contributed by atoms with E-state index in [2.05, 4.69) is 39.5 Å². The molecule has 1 heterocycles. The third kappa shape index (κ3) is 3.63. The molecule has 2 aliphatic rings. The van der Waals surface area contributed by atoms with Crippen molar-refractivity contribution in [2.45, 2.75) is 66.3 Å². The van der Waals surface area contributed by atoms with Crippen molar-refractivity contribution >= 4 is 5.78 Å². The monoisotopic (exact) mass is 279 g/mol. The topological polar surface area (TPSA) is 20.3 Å². The van der Waals surface area contributed by atoms with Gasteiger partial charge in [0.15, 0.2) is 0 Å². The van der Waals surface area contributed by atoms with E-state index in [1.165, 1.54) is 13.0 Å². The van der Waals surface area contributed by atoms with Crippen LogP contribution >= 0.6 is 0 Å². The van der Waals surface area contributed by atoms with Crippen molar-refractivity contribution in [3.05, 3.63) is 0 Å². The summed E-state index contributed by atoms with van der Waals surface area (Å²) in [6.45, 7) is 13.9. The first-order chi connectivity index (χ1) is 9.38. The van der Waals surface area contributed by atoms with Gasteiger partial charge in [0.25, 0.3) is 0 Å². The van der Waals surface area contributed by atoms with Crippen molar-refractivity contribution in [2.75, 3.05) is 13.1 Å². The van der Waals surface area contributed by atoms with Crippen LogP contribution in [0.4, 0.5) is 0 Å². The lowest BCUT2D eigenvalue weighted by Gasteiger charge is -2.43. The van der Waals surface area contributed by atoms with Gasteiger partial charge in [0.1, 0.15) is 5.78 Å². The van der Waals surface area contributed by atoms with Crippen LogP contribution in [-0.4, -0.2) is 29.8 Å². The lowest BCUT2D eigenvalue weighted by molar-refractivity contribution is -0.127. The van der Waals surface area contributed by atoms with E-state index >= 15 is 0 Å². The van der Waals surface area contributed by atoms with Crippen LogP contribution in [0.1, 0.15) is 60.3 Å². The average Bonchev–Trinajstić information content (AvgIpc) is 2.37. The number of likely N-dealkylation sites (tertiary alicyclic amines) is 1. The van der Waals surface area contributed by atoms with Crippen molar-refractivity contribution in [2.24, 2.45) is 29.6 Å². The molecule has 0 aromatic rings. The minimum atomic E-state index is 0.302. The number of hydrogen-bond acceptors (Lipinski definition) is 2. The fraction of sp³-hybridized carbons (Fsp3) is 0.944. The van der Waals surface area contributed by atoms with Gasteiger partial charge < -0.3 is 0 Å². The molecule has 1 saturated heterocycles. The molecule has 0 amide bonds. The van der Waals surface area contributed by atoms with Crippen LogP contribution in [-0.2, 0) is 4.79 Å². The van der Waals surface area contributed by atoms with Crippen LogP contribution < -0.4 is 0 Å². The Hall–Kier alpha value is -0.370. The van der Waals surface area contributed by atoms with Gasteiger partial charge in [-0.25, -0.2) is 0 Å². The molecule has 1 aliphatic carbocycles. The zero-order valence-corrected chi connectivity index (χ0v) is 14.1. The van der Waals surface area contributed by atoms with Crippen LogP contribution in [0.5, 0.6) is 0 Å². The summed E-state index contributed by atoms with van der Waals surface area (Å²) in [5, 5.41) is 0. The normalized spacial score (nSPS) is 40.3. The van der Waals surface area contributed by atoms with Crippen LogP contribution in [0.25, 0.3) is 0 Å². The number of piperidine rings is 1. The van der Waals surface area contributed by atoms with E-state index in [9.17, 15) is 4.79 Å². The predicted molar refractivity (Wildman–Crippen MR) is 84.7 cm³/mol. The van der Waals surface area contributed by atoms with Crippen LogP contribution in [0.15, 0.2) is 0 Å². The zero-order chi connectivity index (χ0) is 14.9. The van der Waals surface area contributed by atoms with Gasteiger partial charge in [0.2, 0.25) is 0 Å². The van der Waals surface area contributed by atoms with Crippen molar-refractivity contribution in [1.29, 1.82) is 0 Å². The van der Waals surface area contributed by atoms with E-state index in [-0.39, 0.29) is 0 Å². The molecule has 0 N–H and O–H groups in total. The summed E-state index contributed by atoms with van der Waals surface area (Å²) in [5.41, 5.74) is 0. The third-order valence-corrected chi connectivity index (χ3v) is 5.92. The molecular formula is C18H33NO. The molecule has 2 fully saturated rings. The van der Waals surface area contributed by atoms with Gasteiger partial charge in [-0.2, -0.15) is 0 Å². The van der Waals surface area contributed by atoms with Crippen molar-refractivity contribution in [3.8, 4) is 0 Å². The van der Waals surface area contributed by atoms with Gasteiger partial charge in [0, 0.05) is 31.5 Å². The molecule has 2 nitrogen and oxygen atoms in total. The molecule has 0 spiro atoms. The molecule has 0 aromatic carbocycles. The van der Waals surface area contributed by atoms with Crippen LogP contribution in [0, 0.1) is 29.6 Å². The highest BCUT2D eigenvalue weighted by atomic mass is 16.1. The van der Waals surface area contributed by atoms with E-state index in [0.29, 0.717) is 17.7 Å². The molecule has 1 aliphatic heterocycles. The van der Waals surface area contributed by atoms with E-state index in [1.807, 2.05) is 0 Å². The minimum absolute atomic E-state index is 0.302. The number of nitrogens with zero attached hydrogens (tertiary/aromatic N) is 1. The Kier molecular flexibility index (Phi) is 5.28. The summed E-state index contributed by atoms with van der Waals surface area (Å²) in [6.07, 6.45) is 4.41. The SMILES string of the molecule is CC1CC(C)C(C)N(CC2CC(C(C)C)CCC2=O)C1. The Morgan fingerprint density at radius 3 is 2.55 bits per heavy atom. The maximum absolute atomic E-state index is 12.3. The number of ketones is 1. The molecule has 2 heteroatoms. The Balaban J connectivity index is 1.98. The van der Waals surface area contributed by atoms with Gasteiger partial charge in [-0.3, -0.25) is 9.69 Å². The Morgan fingerprint density at radius 1 is 1.20 bits per heavy atom. The molecule has 0 bridgehead atoms. The zero-order valence-electron chi connectivity index (χ0n) is 14.1. The highest BCUT2D eigenvalue weighted by Gasteiger charge is 2.35. The smallest absolute Gasteiger partial charge is 0.137 e. The summed E-state index contributed by atoms with van der Waals surface area (Å²) >= 11 is 0. The molecule has 0 radical (unpaired) electrons. The molecule has 5 atom stereocenters. The lowest BCUT2D eigenvalue weighted by Crippen LogP contribution is -2.49. The third-order valence-electron chi connectivity index (χ3n) is 5.92. The number of carbonyl (C=O) groups excluding carboxylic acids is 1. The summed E-state index contributed by atoms with van der Waals surface area (Å²) in [7, 11) is 0. The van der Waals surface area contributed by atoms with Gasteiger partial charge >= 0.3 is 0 Å². The number of Topliss-reactive ketones (excluding diaryl/α,β-unsaturated/α-hetero) is 1. The van der Waals surface area contributed by atoms with Crippen molar-refractivity contribution in [3.63, 3.8) is 0 Å². The average molecular weight is 279 g/mol. The number of rotatable bonds is 3. The molecular weight excluding hydrogens is 246 g/mol. The fourth-order valence-electron chi connectivity index (χ4n) is 4.28. The molecule has 1 saturated carbocycles. The molecule has 116 valence electrons. The maximum Gasteiger partial charge on any atom is 0.137 e. The van der Waals surface area contributed by atoms with E-state index in [0.717, 1.165) is 49.5 Å². The highest BCUT2D eigenvalue weighted by molar-refractivity contribution is 5.82. The second kappa shape index (κ2) is 6.60. The lowest BCUT2D eigenvalue weighted by atomic mass is 9.74. The number of hydrogen-bond donors (Lipinski definition) is 0. The first-order valence-electron chi connectivity index (χ1n) is 8.65. The second-order valence-corrected chi connectivity index (χ2v) is 7.95. The molecule has 0 aromatic heterocycles. The first-order valence-corrected chi connectivity index (χ1v) is 8.65.